The van der Waals surface area contributed by atoms with Crippen molar-refractivity contribution in [1.82, 2.24) is 0 Å². The highest BCUT2D eigenvalue weighted by molar-refractivity contribution is 5.87. The second kappa shape index (κ2) is 20.5. The zero-order valence-corrected chi connectivity index (χ0v) is 35.1. The van der Waals surface area contributed by atoms with Gasteiger partial charge in [0, 0.05) is 44.3 Å². The van der Waals surface area contributed by atoms with Gasteiger partial charge < -0.3 is 58.7 Å². The molecule has 5 N–H and O–H groups in total. The van der Waals surface area contributed by atoms with E-state index in [4.69, 9.17) is 33.2 Å². The van der Waals surface area contributed by atoms with Crippen LogP contribution in [0.15, 0.2) is 47.3 Å². The van der Waals surface area contributed by atoms with Crippen molar-refractivity contribution in [2.75, 3.05) is 21.3 Å². The summed E-state index contributed by atoms with van der Waals surface area (Å²) in [4.78, 5) is 13.8. The van der Waals surface area contributed by atoms with Crippen molar-refractivity contribution in [3.8, 4) is 0 Å². The van der Waals surface area contributed by atoms with Gasteiger partial charge in [0.05, 0.1) is 37.6 Å². The van der Waals surface area contributed by atoms with Gasteiger partial charge >= 0.3 is 5.97 Å². The number of hydrogen-bond donors (Lipinski definition) is 5. The minimum atomic E-state index is -1.92. The van der Waals surface area contributed by atoms with Gasteiger partial charge in [-0.15, -0.1) is 0 Å². The fraction of sp³-hybridized carbons (Fsp3) is 0.786. The van der Waals surface area contributed by atoms with E-state index in [1.165, 1.54) is 21.3 Å². The summed E-state index contributed by atoms with van der Waals surface area (Å²) in [6, 6.07) is 0. The summed E-state index contributed by atoms with van der Waals surface area (Å²) in [5.74, 6) is -5.08. The number of cyclic esters (lactones) is 1. The van der Waals surface area contributed by atoms with Gasteiger partial charge in [0.2, 0.25) is 5.76 Å². The van der Waals surface area contributed by atoms with E-state index in [0.29, 0.717) is 12.0 Å². The SMILES string of the molecule is CO/C1=C\C(C)=C\[C@@H](C)[C@@H](O)[C@@H](C)C/C(C)=C/C=C/[C@@H](OC)[C@H]([C@H](C)[C@H](O)[C@H](C)[C@@]2(O)C[C@@H](O[C@H]3O[C@@H](C)[C@H](O)[C@@H](O)[C@@H]3OC)[C@H](C)[C@@H](C(C)C)O2)OC1=O. The summed E-state index contributed by atoms with van der Waals surface area (Å²) in [5, 5.41) is 56.6. The third-order valence-electron chi connectivity index (χ3n) is 11.8. The number of rotatable bonds is 10. The van der Waals surface area contributed by atoms with Crippen LogP contribution in [0.3, 0.4) is 0 Å². The molecule has 0 spiro atoms. The fourth-order valence-electron chi connectivity index (χ4n) is 8.23. The number of hydrogen-bond acceptors (Lipinski definition) is 13. The Kier molecular flexibility index (Phi) is 17.6. The van der Waals surface area contributed by atoms with Crippen molar-refractivity contribution >= 4 is 5.97 Å². The second-order valence-corrected chi connectivity index (χ2v) is 16.6. The van der Waals surface area contributed by atoms with E-state index in [-0.39, 0.29) is 35.9 Å². The first-order chi connectivity index (χ1) is 25.7. The third kappa shape index (κ3) is 11.5. The van der Waals surface area contributed by atoms with Gasteiger partial charge in [-0.1, -0.05) is 83.9 Å². The van der Waals surface area contributed by atoms with E-state index in [0.717, 1.165) is 5.57 Å². The summed E-state index contributed by atoms with van der Waals surface area (Å²) >= 11 is 0. The molecule has 3 rings (SSSR count). The van der Waals surface area contributed by atoms with E-state index in [1.54, 1.807) is 32.9 Å². The van der Waals surface area contributed by atoms with E-state index < -0.39 is 90.9 Å². The molecule has 0 saturated carbocycles. The largest absolute Gasteiger partial charge is 0.490 e. The number of aliphatic hydroxyl groups is 5. The van der Waals surface area contributed by atoms with Crippen molar-refractivity contribution in [2.24, 2.45) is 35.5 Å². The van der Waals surface area contributed by atoms with Gasteiger partial charge in [-0.05, 0) is 45.1 Å². The van der Waals surface area contributed by atoms with Crippen LogP contribution in [0.2, 0.25) is 0 Å². The highest BCUT2D eigenvalue weighted by atomic mass is 16.7. The summed E-state index contributed by atoms with van der Waals surface area (Å²) < 4.78 is 41.8. The van der Waals surface area contributed by atoms with E-state index in [9.17, 15) is 30.3 Å². The lowest BCUT2D eigenvalue weighted by Crippen LogP contribution is -2.62. The molecule has 2 fully saturated rings. The van der Waals surface area contributed by atoms with Gasteiger partial charge in [0.15, 0.2) is 12.1 Å². The molecule has 13 heteroatoms. The Hall–Kier alpha value is -2.17. The molecule has 3 aliphatic heterocycles. The zero-order valence-electron chi connectivity index (χ0n) is 35.1. The first kappa shape index (κ1) is 47.2. The smallest absolute Gasteiger partial charge is 0.373 e. The molecule has 0 radical (unpaired) electrons. The minimum absolute atomic E-state index is 0.0363. The normalized spacial score (nSPS) is 43.8. The van der Waals surface area contributed by atoms with Crippen LogP contribution in [0, 0.1) is 35.5 Å². The van der Waals surface area contributed by atoms with Gasteiger partial charge in [-0.25, -0.2) is 4.79 Å². The molecular weight excluding hydrogens is 712 g/mol. The lowest BCUT2D eigenvalue weighted by atomic mass is 9.76. The minimum Gasteiger partial charge on any atom is -0.490 e. The average molecular weight is 783 g/mol. The Morgan fingerprint density at radius 3 is 2.16 bits per heavy atom. The maximum Gasteiger partial charge on any atom is 0.373 e. The monoisotopic (exact) mass is 782 g/mol. The molecule has 0 aliphatic carbocycles. The molecule has 2 saturated heterocycles. The third-order valence-corrected chi connectivity index (χ3v) is 11.8. The number of aliphatic hydroxyl groups excluding tert-OH is 4. The van der Waals surface area contributed by atoms with Crippen molar-refractivity contribution in [3.05, 3.63) is 47.3 Å². The second-order valence-electron chi connectivity index (χ2n) is 16.6. The Bertz CT molecular complexity index is 1360. The number of carbonyl (C=O) groups is 1. The molecular formula is C42H70O13. The van der Waals surface area contributed by atoms with Crippen LogP contribution in [-0.4, -0.2) is 126 Å². The molecule has 0 amide bonds. The molecule has 55 heavy (non-hydrogen) atoms. The van der Waals surface area contributed by atoms with Crippen molar-refractivity contribution in [2.45, 2.75) is 155 Å². The van der Waals surface area contributed by atoms with Crippen LogP contribution < -0.4 is 0 Å². The van der Waals surface area contributed by atoms with E-state index >= 15 is 0 Å². The first-order valence-electron chi connectivity index (χ1n) is 19.7. The van der Waals surface area contributed by atoms with Crippen LogP contribution in [-0.2, 0) is 38.0 Å². The highest BCUT2D eigenvalue weighted by Crippen LogP contribution is 2.43. The number of methoxy groups -OCH3 is 3. The summed E-state index contributed by atoms with van der Waals surface area (Å²) in [6.45, 7) is 18.6. The van der Waals surface area contributed by atoms with Crippen LogP contribution >= 0.6 is 0 Å². The number of ether oxygens (including phenoxy) is 7. The van der Waals surface area contributed by atoms with Crippen molar-refractivity contribution in [3.63, 3.8) is 0 Å². The molecule has 0 aromatic heterocycles. The highest BCUT2D eigenvalue weighted by Gasteiger charge is 2.54. The molecule has 3 heterocycles. The summed E-state index contributed by atoms with van der Waals surface area (Å²) in [6.07, 6.45) is -0.670. The van der Waals surface area contributed by atoms with Gasteiger partial charge in [0.25, 0.3) is 0 Å². The Balaban J connectivity index is 2.00. The fourth-order valence-corrected chi connectivity index (χ4v) is 8.23. The lowest BCUT2D eigenvalue weighted by Gasteiger charge is -2.51. The summed E-state index contributed by atoms with van der Waals surface area (Å²) in [7, 11) is 4.25. The maximum absolute atomic E-state index is 13.8. The summed E-state index contributed by atoms with van der Waals surface area (Å²) in [5.41, 5.74) is 1.73. The quantitative estimate of drug-likeness (QED) is 0.199. The molecule has 0 aromatic carbocycles. The molecule has 0 bridgehead atoms. The number of carbonyl (C=O) groups excluding carboxylic acids is 1. The van der Waals surface area contributed by atoms with Gasteiger partial charge in [-0.2, -0.15) is 0 Å². The van der Waals surface area contributed by atoms with Crippen LogP contribution in [0.1, 0.15) is 82.1 Å². The topological polar surface area (TPSA) is 183 Å². The van der Waals surface area contributed by atoms with Crippen LogP contribution in [0.25, 0.3) is 0 Å². The molecule has 0 aromatic rings. The maximum atomic E-state index is 13.8. The van der Waals surface area contributed by atoms with Crippen LogP contribution in [0.4, 0.5) is 0 Å². The molecule has 0 unspecified atom stereocenters. The predicted molar refractivity (Wildman–Crippen MR) is 206 cm³/mol. The lowest BCUT2D eigenvalue weighted by molar-refractivity contribution is -0.362. The van der Waals surface area contributed by atoms with Crippen molar-refractivity contribution in [1.29, 1.82) is 0 Å². The first-order valence-corrected chi connectivity index (χ1v) is 19.7. The number of esters is 1. The molecule has 13 nitrogen and oxygen atoms in total. The Morgan fingerprint density at radius 1 is 0.927 bits per heavy atom. The molecule has 17 atom stereocenters. The Morgan fingerprint density at radius 2 is 1.58 bits per heavy atom. The standard InChI is InChI=1S/C42H70O13/c1-21(2)37-26(7)32(53-41-39(51-13)36(46)35(45)29(10)52-41)20-42(48,55-37)28(9)34(44)27(8)38-30(49-11)16-14-15-22(3)17-24(5)33(43)25(6)18-23(4)19-31(50-12)40(47)54-38/h14-16,18-19,21,24-30,32-39,41,43-46,48H,17,20H2,1-13H3/b16-14+,22-15+,23-18+,31-19-/t24-,25+,26-,27+,28-,29-,30+,32+,33-,34-,35-,36+,37+,38-,39-,41+,42+/m0/s1. The Labute approximate surface area is 328 Å². The molecule has 316 valence electrons. The van der Waals surface area contributed by atoms with E-state index in [2.05, 4.69) is 0 Å². The van der Waals surface area contributed by atoms with Crippen LogP contribution in [0.5, 0.6) is 0 Å². The predicted octanol–water partition coefficient (Wildman–Crippen LogP) is 4.20. The number of allylic oxidation sites excluding steroid dienone is 5. The molecule has 3 aliphatic rings. The van der Waals surface area contributed by atoms with Crippen molar-refractivity contribution < 1.29 is 63.5 Å². The average Bonchev–Trinajstić information content (AvgIpc) is 3.13. The van der Waals surface area contributed by atoms with Gasteiger partial charge in [0.1, 0.15) is 30.5 Å². The zero-order chi connectivity index (χ0) is 41.5. The van der Waals surface area contributed by atoms with E-state index in [1.807, 2.05) is 66.7 Å². The van der Waals surface area contributed by atoms with Gasteiger partial charge in [-0.3, -0.25) is 0 Å².